The van der Waals surface area contributed by atoms with Gasteiger partial charge in [-0.3, -0.25) is 0 Å². The van der Waals surface area contributed by atoms with E-state index in [-0.39, 0.29) is 17.7 Å². The molecule has 1 fully saturated rings. The third-order valence-electron chi connectivity index (χ3n) is 3.30. The summed E-state index contributed by atoms with van der Waals surface area (Å²) in [5, 5.41) is 15.3. The number of anilines is 2. The SMILES string of the molecule is CNc1cc(NC2CCCCC2O)nc(C(F)(F)F)n1. The normalized spacial score (nSPS) is 23.4. The molecule has 1 saturated carbocycles. The fraction of sp³-hybridized carbons (Fsp3) is 0.667. The predicted octanol–water partition coefficient (Wildman–Crippen LogP) is 2.25. The van der Waals surface area contributed by atoms with E-state index >= 15 is 0 Å². The molecule has 0 saturated heterocycles. The van der Waals surface area contributed by atoms with E-state index in [4.69, 9.17) is 0 Å². The van der Waals surface area contributed by atoms with Crippen molar-refractivity contribution in [2.45, 2.75) is 44.0 Å². The number of aromatic nitrogens is 2. The minimum absolute atomic E-state index is 0.0719. The zero-order valence-electron chi connectivity index (χ0n) is 11.0. The van der Waals surface area contributed by atoms with E-state index in [1.54, 1.807) is 0 Å². The Morgan fingerprint density at radius 1 is 1.20 bits per heavy atom. The molecule has 0 aliphatic heterocycles. The Bertz CT molecular complexity index is 467. The zero-order valence-corrected chi connectivity index (χ0v) is 11.0. The topological polar surface area (TPSA) is 70.1 Å². The summed E-state index contributed by atoms with van der Waals surface area (Å²) in [5.41, 5.74) is 0. The molecule has 1 aliphatic rings. The van der Waals surface area contributed by atoms with Crippen LogP contribution >= 0.6 is 0 Å². The van der Waals surface area contributed by atoms with Crippen molar-refractivity contribution in [3.63, 3.8) is 0 Å². The van der Waals surface area contributed by atoms with Crippen LogP contribution in [0.1, 0.15) is 31.5 Å². The summed E-state index contributed by atoms with van der Waals surface area (Å²) in [5.74, 6) is -1.04. The van der Waals surface area contributed by atoms with Crippen LogP contribution in [0.3, 0.4) is 0 Å². The standard InChI is InChI=1S/C12H17F3N4O/c1-16-9-6-10(19-11(18-9)12(13,14)15)17-7-4-2-3-5-8(7)20/h6-8,20H,2-5H2,1H3,(H2,16,17,18,19). The molecule has 20 heavy (non-hydrogen) atoms. The number of alkyl halides is 3. The number of nitrogens with zero attached hydrogens (tertiary/aromatic N) is 2. The van der Waals surface area contributed by atoms with Gasteiger partial charge in [-0.25, -0.2) is 9.97 Å². The van der Waals surface area contributed by atoms with Crippen LogP contribution in [0.25, 0.3) is 0 Å². The first kappa shape index (κ1) is 14.8. The van der Waals surface area contributed by atoms with E-state index in [0.29, 0.717) is 12.8 Å². The van der Waals surface area contributed by atoms with Crippen LogP contribution in [-0.2, 0) is 6.18 Å². The fourth-order valence-corrected chi connectivity index (χ4v) is 2.25. The van der Waals surface area contributed by atoms with Gasteiger partial charge in [0, 0.05) is 13.1 Å². The Morgan fingerprint density at radius 2 is 1.85 bits per heavy atom. The molecule has 1 aliphatic carbocycles. The molecule has 1 aromatic heterocycles. The molecule has 2 unspecified atom stereocenters. The lowest BCUT2D eigenvalue weighted by Crippen LogP contribution is -2.36. The molecule has 2 atom stereocenters. The lowest BCUT2D eigenvalue weighted by Gasteiger charge is -2.29. The lowest BCUT2D eigenvalue weighted by atomic mass is 9.92. The molecule has 1 heterocycles. The molecular weight excluding hydrogens is 273 g/mol. The third-order valence-corrected chi connectivity index (χ3v) is 3.30. The van der Waals surface area contributed by atoms with Crippen molar-refractivity contribution in [2.24, 2.45) is 0 Å². The molecule has 0 amide bonds. The number of rotatable bonds is 3. The van der Waals surface area contributed by atoms with Crippen molar-refractivity contribution in [3.05, 3.63) is 11.9 Å². The highest BCUT2D eigenvalue weighted by molar-refractivity contribution is 5.48. The molecule has 0 radical (unpaired) electrons. The molecule has 8 heteroatoms. The van der Waals surface area contributed by atoms with E-state index in [1.807, 2.05) is 0 Å². The number of nitrogens with one attached hydrogen (secondary N) is 2. The van der Waals surface area contributed by atoms with E-state index in [0.717, 1.165) is 12.8 Å². The molecule has 3 N–H and O–H groups in total. The Balaban J connectivity index is 2.22. The van der Waals surface area contributed by atoms with Crippen LogP contribution in [0.4, 0.5) is 24.8 Å². The summed E-state index contributed by atoms with van der Waals surface area (Å²) in [4.78, 5) is 6.87. The maximum Gasteiger partial charge on any atom is 0.451 e. The molecule has 2 rings (SSSR count). The fourth-order valence-electron chi connectivity index (χ4n) is 2.25. The minimum Gasteiger partial charge on any atom is -0.391 e. The maximum atomic E-state index is 12.7. The van der Waals surface area contributed by atoms with Crippen molar-refractivity contribution >= 4 is 11.6 Å². The van der Waals surface area contributed by atoms with Gasteiger partial charge in [0.25, 0.3) is 0 Å². The zero-order chi connectivity index (χ0) is 14.8. The van der Waals surface area contributed by atoms with Crippen molar-refractivity contribution in [1.29, 1.82) is 0 Å². The third kappa shape index (κ3) is 3.50. The second-order valence-electron chi connectivity index (χ2n) is 4.81. The van der Waals surface area contributed by atoms with Gasteiger partial charge < -0.3 is 15.7 Å². The van der Waals surface area contributed by atoms with Gasteiger partial charge in [0.2, 0.25) is 5.82 Å². The smallest absolute Gasteiger partial charge is 0.391 e. The quantitative estimate of drug-likeness (QED) is 0.796. The van der Waals surface area contributed by atoms with Gasteiger partial charge in [-0.05, 0) is 12.8 Å². The first-order valence-electron chi connectivity index (χ1n) is 6.49. The molecule has 112 valence electrons. The van der Waals surface area contributed by atoms with E-state index < -0.39 is 18.1 Å². The predicted molar refractivity (Wildman–Crippen MR) is 68.5 cm³/mol. The summed E-state index contributed by atoms with van der Waals surface area (Å²) >= 11 is 0. The van der Waals surface area contributed by atoms with Crippen LogP contribution in [-0.4, -0.2) is 34.3 Å². The molecule has 0 aromatic carbocycles. The van der Waals surface area contributed by atoms with Crippen molar-refractivity contribution in [2.75, 3.05) is 17.7 Å². The van der Waals surface area contributed by atoms with Crippen molar-refractivity contribution in [1.82, 2.24) is 9.97 Å². The molecule has 5 nitrogen and oxygen atoms in total. The average Bonchev–Trinajstić information content (AvgIpc) is 2.40. The number of hydrogen-bond acceptors (Lipinski definition) is 5. The molecule has 1 aromatic rings. The van der Waals surface area contributed by atoms with Gasteiger partial charge in [-0.15, -0.1) is 0 Å². The summed E-state index contributed by atoms with van der Waals surface area (Å²) in [7, 11) is 1.49. The molecule has 0 spiro atoms. The average molecular weight is 290 g/mol. The second-order valence-corrected chi connectivity index (χ2v) is 4.81. The Morgan fingerprint density at radius 3 is 2.45 bits per heavy atom. The Kier molecular flexibility index (Phi) is 4.32. The first-order valence-corrected chi connectivity index (χ1v) is 6.49. The lowest BCUT2D eigenvalue weighted by molar-refractivity contribution is -0.144. The summed E-state index contributed by atoms with van der Waals surface area (Å²) in [6, 6.07) is 1.13. The van der Waals surface area contributed by atoms with Crippen LogP contribution < -0.4 is 10.6 Å². The number of halogens is 3. The largest absolute Gasteiger partial charge is 0.451 e. The first-order chi connectivity index (χ1) is 9.40. The van der Waals surface area contributed by atoms with Crippen molar-refractivity contribution in [3.8, 4) is 0 Å². The van der Waals surface area contributed by atoms with Crippen molar-refractivity contribution < 1.29 is 18.3 Å². The molecular formula is C12H17F3N4O. The molecule has 0 bridgehead atoms. The number of aliphatic hydroxyl groups is 1. The monoisotopic (exact) mass is 290 g/mol. The summed E-state index contributed by atoms with van der Waals surface area (Å²) in [6.45, 7) is 0. The van der Waals surface area contributed by atoms with Gasteiger partial charge in [-0.2, -0.15) is 13.2 Å². The van der Waals surface area contributed by atoms with Gasteiger partial charge in [-0.1, -0.05) is 12.8 Å². The second kappa shape index (κ2) is 5.82. The summed E-state index contributed by atoms with van der Waals surface area (Å²) < 4.78 is 38.1. The van der Waals surface area contributed by atoms with Crippen LogP contribution in [0, 0.1) is 0 Å². The van der Waals surface area contributed by atoms with E-state index in [9.17, 15) is 18.3 Å². The van der Waals surface area contributed by atoms with Crippen LogP contribution in [0.5, 0.6) is 0 Å². The van der Waals surface area contributed by atoms with Gasteiger partial charge in [0.05, 0.1) is 12.1 Å². The Hall–Kier alpha value is -1.57. The minimum atomic E-state index is -4.60. The highest BCUT2D eigenvalue weighted by Crippen LogP contribution is 2.29. The maximum absolute atomic E-state index is 12.7. The highest BCUT2D eigenvalue weighted by atomic mass is 19.4. The van der Waals surface area contributed by atoms with Crippen LogP contribution in [0.2, 0.25) is 0 Å². The van der Waals surface area contributed by atoms with E-state index in [2.05, 4.69) is 20.6 Å². The van der Waals surface area contributed by atoms with Gasteiger partial charge in [0.15, 0.2) is 0 Å². The van der Waals surface area contributed by atoms with Gasteiger partial charge in [0.1, 0.15) is 11.6 Å². The Labute approximate surface area is 114 Å². The van der Waals surface area contributed by atoms with Crippen LogP contribution in [0.15, 0.2) is 6.07 Å². The highest BCUT2D eigenvalue weighted by Gasteiger charge is 2.35. The number of hydrogen-bond donors (Lipinski definition) is 3. The van der Waals surface area contributed by atoms with E-state index in [1.165, 1.54) is 13.1 Å². The van der Waals surface area contributed by atoms with Gasteiger partial charge >= 0.3 is 6.18 Å². The number of aliphatic hydroxyl groups excluding tert-OH is 1. The summed E-state index contributed by atoms with van der Waals surface area (Å²) in [6.07, 6.45) is -1.95.